The first-order valence-corrected chi connectivity index (χ1v) is 5.93. The number of carbonyl (C=O) groups is 1. The zero-order valence-corrected chi connectivity index (χ0v) is 8.89. The molecule has 16 heavy (non-hydrogen) atoms. The topological polar surface area (TPSA) is 80.2 Å². The van der Waals surface area contributed by atoms with E-state index in [4.69, 9.17) is 0 Å². The molecule has 1 amide bonds. The zero-order valence-electron chi connectivity index (χ0n) is 8.08. The molecule has 1 aliphatic rings. The largest absolute Gasteiger partial charge is 0.307 e. The van der Waals surface area contributed by atoms with Gasteiger partial charge in [0.1, 0.15) is 5.25 Å². The molecular weight excluding hydrogens is 237 g/mol. The molecule has 0 aliphatic carbocycles. The van der Waals surface area contributed by atoms with E-state index in [2.05, 4.69) is 9.97 Å². The minimum Gasteiger partial charge on any atom is -0.294 e. The Morgan fingerprint density at radius 3 is 2.69 bits per heavy atom. The van der Waals surface area contributed by atoms with Crippen LogP contribution in [0.2, 0.25) is 0 Å². The van der Waals surface area contributed by atoms with Gasteiger partial charge in [-0.15, -0.1) is 3.89 Å². The molecule has 1 unspecified atom stereocenters. The van der Waals surface area contributed by atoms with Crippen LogP contribution in [0, 0.1) is 0 Å². The molecule has 0 radical (unpaired) electrons. The second-order valence-electron chi connectivity index (χ2n) is 3.37. The second kappa shape index (κ2) is 3.78. The van der Waals surface area contributed by atoms with Crippen molar-refractivity contribution < 1.29 is 17.1 Å². The maximum atomic E-state index is 12.7. The number of nitrogens with zero attached hydrogens (tertiary/aromatic N) is 3. The van der Waals surface area contributed by atoms with Gasteiger partial charge in [0.15, 0.2) is 5.82 Å². The highest BCUT2D eigenvalue weighted by Crippen LogP contribution is 2.23. The summed E-state index contributed by atoms with van der Waals surface area (Å²) >= 11 is 0. The van der Waals surface area contributed by atoms with Crippen molar-refractivity contribution in [2.24, 2.45) is 0 Å². The van der Waals surface area contributed by atoms with E-state index >= 15 is 0 Å². The van der Waals surface area contributed by atoms with Crippen LogP contribution in [0.15, 0.2) is 18.6 Å². The summed E-state index contributed by atoms with van der Waals surface area (Å²) in [5.41, 5.74) is 0. The third-order valence-electron chi connectivity index (χ3n) is 2.31. The van der Waals surface area contributed by atoms with Crippen molar-refractivity contribution in [3.63, 3.8) is 0 Å². The highest BCUT2D eigenvalue weighted by molar-refractivity contribution is 7.87. The minimum absolute atomic E-state index is 0.212. The van der Waals surface area contributed by atoms with E-state index in [9.17, 15) is 17.1 Å². The minimum atomic E-state index is -4.69. The number of anilines is 1. The molecule has 0 aromatic carbocycles. The average molecular weight is 245 g/mol. The van der Waals surface area contributed by atoms with Crippen LogP contribution in [0.3, 0.4) is 0 Å². The highest BCUT2D eigenvalue weighted by Gasteiger charge is 2.39. The molecule has 0 spiro atoms. The number of amides is 1. The van der Waals surface area contributed by atoms with E-state index in [1.165, 1.54) is 18.6 Å². The van der Waals surface area contributed by atoms with Crippen molar-refractivity contribution in [1.82, 2.24) is 9.97 Å². The van der Waals surface area contributed by atoms with Crippen LogP contribution >= 0.6 is 0 Å². The van der Waals surface area contributed by atoms with Crippen molar-refractivity contribution in [2.45, 2.75) is 11.7 Å². The van der Waals surface area contributed by atoms with Crippen LogP contribution in [-0.2, 0) is 15.0 Å². The molecule has 1 saturated heterocycles. The number of halogens is 1. The molecule has 0 saturated carbocycles. The molecule has 86 valence electrons. The SMILES string of the molecule is O=C1CC(S(=O)(=O)F)CN1c1cnccn1. The Labute approximate surface area is 91.3 Å². The maximum Gasteiger partial charge on any atom is 0.307 e. The molecule has 1 fully saturated rings. The van der Waals surface area contributed by atoms with Crippen LogP contribution < -0.4 is 4.90 Å². The summed E-state index contributed by atoms with van der Waals surface area (Å²) in [5, 5.41) is -1.30. The van der Waals surface area contributed by atoms with Crippen LogP contribution in [0.5, 0.6) is 0 Å². The Morgan fingerprint density at radius 2 is 2.19 bits per heavy atom. The first-order valence-electron chi connectivity index (χ1n) is 4.48. The summed E-state index contributed by atoms with van der Waals surface area (Å²) in [6, 6.07) is 0. The predicted molar refractivity (Wildman–Crippen MR) is 52.8 cm³/mol. The highest BCUT2D eigenvalue weighted by atomic mass is 32.3. The van der Waals surface area contributed by atoms with E-state index in [1.54, 1.807) is 0 Å². The molecule has 1 atom stereocenters. The normalized spacial score (nSPS) is 21.4. The summed E-state index contributed by atoms with van der Waals surface area (Å²) in [7, 11) is -4.69. The molecule has 2 rings (SSSR count). The standard InChI is InChI=1S/C8H8FN3O3S/c9-16(14,15)6-3-8(13)12(5-6)7-4-10-1-2-11-7/h1-2,4,6H,3,5H2. The van der Waals surface area contributed by atoms with Crippen molar-refractivity contribution in [3.8, 4) is 0 Å². The number of hydrogen-bond acceptors (Lipinski definition) is 5. The molecule has 1 aliphatic heterocycles. The Balaban J connectivity index is 2.25. The fraction of sp³-hybridized carbons (Fsp3) is 0.375. The van der Waals surface area contributed by atoms with Gasteiger partial charge in [0, 0.05) is 25.4 Å². The Bertz CT molecular complexity index is 505. The first-order chi connectivity index (χ1) is 7.48. The lowest BCUT2D eigenvalue weighted by Crippen LogP contribution is -2.27. The van der Waals surface area contributed by atoms with Gasteiger partial charge in [0.05, 0.1) is 6.20 Å². The summed E-state index contributed by atoms with van der Waals surface area (Å²) < 4.78 is 34.1. The van der Waals surface area contributed by atoms with Crippen LogP contribution in [-0.4, -0.2) is 36.1 Å². The van der Waals surface area contributed by atoms with Gasteiger partial charge in [-0.2, -0.15) is 8.42 Å². The molecule has 0 N–H and O–H groups in total. The monoisotopic (exact) mass is 245 g/mol. The summed E-state index contributed by atoms with van der Waals surface area (Å²) in [6.45, 7) is -0.212. The fourth-order valence-corrected chi connectivity index (χ4v) is 2.18. The molecule has 6 nitrogen and oxygen atoms in total. The smallest absolute Gasteiger partial charge is 0.294 e. The lowest BCUT2D eigenvalue weighted by atomic mass is 10.4. The molecule has 1 aromatic heterocycles. The van der Waals surface area contributed by atoms with Gasteiger partial charge in [0.2, 0.25) is 5.91 Å². The van der Waals surface area contributed by atoms with E-state index in [-0.39, 0.29) is 18.8 Å². The molecule has 2 heterocycles. The summed E-state index contributed by atoms with van der Waals surface area (Å²) in [4.78, 5) is 20.2. The van der Waals surface area contributed by atoms with Crippen molar-refractivity contribution in [3.05, 3.63) is 18.6 Å². The van der Waals surface area contributed by atoms with E-state index in [1.807, 2.05) is 0 Å². The number of rotatable bonds is 2. The molecule has 8 heteroatoms. The molecular formula is C8H8FN3O3S. The fourth-order valence-electron chi connectivity index (χ4n) is 1.52. The third kappa shape index (κ3) is 2.01. The Morgan fingerprint density at radius 1 is 1.44 bits per heavy atom. The maximum absolute atomic E-state index is 12.7. The number of carbonyl (C=O) groups excluding carboxylic acids is 1. The van der Waals surface area contributed by atoms with E-state index in [0.29, 0.717) is 0 Å². The number of hydrogen-bond donors (Lipinski definition) is 0. The van der Waals surface area contributed by atoms with Gasteiger partial charge in [0.25, 0.3) is 0 Å². The second-order valence-corrected chi connectivity index (χ2v) is 4.99. The average Bonchev–Trinajstić information content (AvgIpc) is 2.61. The molecule has 1 aromatic rings. The van der Waals surface area contributed by atoms with Gasteiger partial charge in [-0.1, -0.05) is 0 Å². The molecule has 0 bridgehead atoms. The lowest BCUT2D eigenvalue weighted by Gasteiger charge is -2.13. The number of aromatic nitrogens is 2. The quantitative estimate of drug-likeness (QED) is 0.679. The van der Waals surface area contributed by atoms with Crippen molar-refractivity contribution in [1.29, 1.82) is 0 Å². The van der Waals surface area contributed by atoms with Crippen LogP contribution in [0.25, 0.3) is 0 Å². The summed E-state index contributed by atoms with van der Waals surface area (Å²) in [5.74, 6) is -0.231. The van der Waals surface area contributed by atoms with Gasteiger partial charge >= 0.3 is 10.2 Å². The van der Waals surface area contributed by atoms with Crippen LogP contribution in [0.4, 0.5) is 9.70 Å². The van der Waals surface area contributed by atoms with Gasteiger partial charge in [-0.3, -0.25) is 14.7 Å². The first kappa shape index (κ1) is 10.9. The lowest BCUT2D eigenvalue weighted by molar-refractivity contribution is -0.117. The third-order valence-corrected chi connectivity index (χ3v) is 3.43. The van der Waals surface area contributed by atoms with Gasteiger partial charge in [-0.25, -0.2) is 4.98 Å². The Hall–Kier alpha value is -1.57. The van der Waals surface area contributed by atoms with E-state index < -0.39 is 21.4 Å². The predicted octanol–water partition coefficient (Wildman–Crippen LogP) is -0.119. The van der Waals surface area contributed by atoms with Crippen LogP contribution in [0.1, 0.15) is 6.42 Å². The van der Waals surface area contributed by atoms with E-state index in [0.717, 1.165) is 4.90 Å². The summed E-state index contributed by atoms with van der Waals surface area (Å²) in [6.07, 6.45) is 3.77. The van der Waals surface area contributed by atoms with Gasteiger partial charge in [-0.05, 0) is 0 Å². The van der Waals surface area contributed by atoms with Crippen molar-refractivity contribution in [2.75, 3.05) is 11.4 Å². The van der Waals surface area contributed by atoms with Crippen molar-refractivity contribution >= 4 is 21.9 Å². The zero-order chi connectivity index (χ0) is 11.8. The Kier molecular flexibility index (Phi) is 2.58. The van der Waals surface area contributed by atoms with Gasteiger partial charge < -0.3 is 0 Å².